The number of nitrogens with two attached hydrogens (primary N) is 2. The number of para-hydroxylation sites is 2. The largest absolute Gasteiger partial charge is 0.493 e. The number of nitrogen functional groups attached to an aromatic ring is 2. The van der Waals surface area contributed by atoms with Crippen LogP contribution in [0.2, 0.25) is 25.1 Å². The number of ether oxygens (including phenoxy) is 4. The maximum Gasteiger partial charge on any atom is 0.323 e. The lowest BCUT2D eigenvalue weighted by atomic mass is 10.0. The molecule has 0 atom stereocenters. The highest BCUT2D eigenvalue weighted by molar-refractivity contribution is 7.99. The summed E-state index contributed by atoms with van der Waals surface area (Å²) in [6, 6.07) is 61.7. The number of carboxylic acids is 5. The monoisotopic (exact) mass is 1930 g/mol. The summed E-state index contributed by atoms with van der Waals surface area (Å²) in [6.07, 6.45) is 11.8. The lowest BCUT2D eigenvalue weighted by molar-refractivity contribution is -0.138. The van der Waals surface area contributed by atoms with Crippen LogP contribution in [0.15, 0.2) is 272 Å². The van der Waals surface area contributed by atoms with E-state index in [-0.39, 0.29) is 101 Å². The first-order valence-corrected chi connectivity index (χ1v) is 43.6. The molecule has 0 aliphatic carbocycles. The van der Waals surface area contributed by atoms with Gasteiger partial charge in [-0.15, -0.1) is 18.2 Å². The number of anilines is 4. The molecule has 0 bridgehead atoms. The summed E-state index contributed by atoms with van der Waals surface area (Å²) in [5.74, 6) is -1.45. The summed E-state index contributed by atoms with van der Waals surface area (Å²) in [4.78, 5) is 131. The molecule has 12 aromatic carbocycles. The Morgan fingerprint density at radius 3 is 1.16 bits per heavy atom. The molecule has 0 radical (unpaired) electrons. The van der Waals surface area contributed by atoms with Crippen molar-refractivity contribution in [1.82, 2.24) is 32.8 Å². The van der Waals surface area contributed by atoms with Crippen molar-refractivity contribution in [3.63, 3.8) is 0 Å². The smallest absolute Gasteiger partial charge is 0.323 e. The molecule has 0 aliphatic heterocycles. The number of aromatic nitrogens is 7. The third-order valence-corrected chi connectivity index (χ3v) is 23.9. The van der Waals surface area contributed by atoms with Gasteiger partial charge in [0.05, 0.1) is 121 Å². The van der Waals surface area contributed by atoms with Crippen LogP contribution < -0.4 is 62.9 Å². The van der Waals surface area contributed by atoms with Crippen molar-refractivity contribution < 1.29 is 68.5 Å². The molecular formula is C100H75Cl5N10O19S. The Hall–Kier alpha value is -15.9. The van der Waals surface area contributed by atoms with Crippen LogP contribution >= 0.6 is 69.8 Å². The number of rotatable bonds is 22. The minimum atomic E-state index is -1.05. The fourth-order valence-electron chi connectivity index (χ4n) is 15.9. The van der Waals surface area contributed by atoms with Crippen LogP contribution in [0.25, 0.3) is 131 Å². The average molecular weight is 1930 g/mol. The maximum atomic E-state index is 13.1. The number of terminal acetylenes is 1. The molecule has 0 fully saturated rings. The Balaban J connectivity index is 0.000000136. The van der Waals surface area contributed by atoms with E-state index in [0.717, 1.165) is 22.3 Å². The van der Waals surface area contributed by atoms with Crippen molar-refractivity contribution in [3.05, 3.63) is 320 Å². The number of fused-ring (bicyclic) bond motifs is 10. The Labute approximate surface area is 792 Å². The van der Waals surface area contributed by atoms with E-state index in [4.69, 9.17) is 94.8 Å². The minimum absolute atomic E-state index is 0.0487. The molecule has 0 aliphatic rings. The lowest BCUT2D eigenvalue weighted by Gasteiger charge is -2.17. The van der Waals surface area contributed by atoms with Crippen LogP contribution in [0.5, 0.6) is 23.0 Å². The third-order valence-electron chi connectivity index (χ3n) is 21.5. The van der Waals surface area contributed by atoms with Crippen molar-refractivity contribution in [2.45, 2.75) is 37.6 Å². The molecule has 135 heavy (non-hydrogen) atoms. The second kappa shape index (κ2) is 41.3. The first kappa shape index (κ1) is 95.2. The van der Waals surface area contributed by atoms with E-state index in [9.17, 15) is 73.5 Å². The number of benzene rings is 12. The maximum absolute atomic E-state index is 13.1. The van der Waals surface area contributed by atoms with Gasteiger partial charge in [-0.25, -0.2) is 9.97 Å². The molecular weight excluding hydrogens is 1850 g/mol. The van der Waals surface area contributed by atoms with Crippen LogP contribution in [0.3, 0.4) is 0 Å². The number of nitrogens with zero attached hydrogens (tertiary/aromatic N) is 7. The molecule has 29 nitrogen and oxygen atoms in total. The third kappa shape index (κ3) is 19.7. The van der Waals surface area contributed by atoms with E-state index in [1.807, 2.05) is 48.7 Å². The zero-order chi connectivity index (χ0) is 96.5. The van der Waals surface area contributed by atoms with Gasteiger partial charge in [0.25, 0.3) is 0 Å². The Bertz CT molecular complexity index is 8300. The number of nitrogens with one attached hydrogen (secondary N) is 1. The number of hydrogen-bond acceptors (Lipinski definition) is 20. The van der Waals surface area contributed by atoms with E-state index < -0.39 is 29.8 Å². The first-order chi connectivity index (χ1) is 64.9. The molecule has 10 N–H and O–H groups in total. The van der Waals surface area contributed by atoms with Crippen LogP contribution in [0.1, 0.15) is 0 Å². The summed E-state index contributed by atoms with van der Waals surface area (Å²) in [5, 5.41) is 55.8. The highest BCUT2D eigenvalue weighted by Crippen LogP contribution is 2.42. The van der Waals surface area contributed by atoms with Crippen molar-refractivity contribution in [1.29, 1.82) is 0 Å². The highest BCUT2D eigenvalue weighted by atomic mass is 35.5. The standard InChI is InChI=1S/2C22H17ClN2O4.C20H15ClN4O3S.C18H14ClNO4.C18H12ClNO4/c1-29-22-17(23)9-8-16-20(22)25(11-19(26)27)18-10-13(4-7-15(18)21(16)28)12-2-5-14(24)6-3-12;1-29-22-17(23)8-7-16-20(22)25(11-19(26)27)18-10-13(5-6-15(18)21(16)28)12-3-2-4-14(24)9-12;1-29-19-14(21)6-5-13-17(19)25(10-16(26)27)15-9-11(3-4-12(15)18(13)28)24-20-22-7-2-8-23-20;2*1-2-9-24-18-13(19)8-7-12-16(18)20(10-15(21)22)14-6-4-3-5-11(14)17(12)23/h2*2-10H,11,24H2,1H3,(H,26,27);2-9H,10H2,1H3,(H,26,27)(H,22,23,24);2-8H,1,9-10H2,(H,21,22);1,3-8H,9-10H2,(H,21,22). The number of thioether (sulfide) groups is 1. The number of halogens is 5. The Morgan fingerprint density at radius 2 is 0.748 bits per heavy atom. The second-order valence-corrected chi connectivity index (χ2v) is 32.6. The molecule has 18 aromatic rings. The van der Waals surface area contributed by atoms with Crippen molar-refractivity contribution in [3.8, 4) is 57.6 Å². The fraction of sp³-hybridized carbons (Fsp3) is 0.100. The normalized spacial score (nSPS) is 11.0. The summed E-state index contributed by atoms with van der Waals surface area (Å²) in [5.41, 5.74) is 20.3. The molecule has 680 valence electrons. The summed E-state index contributed by atoms with van der Waals surface area (Å²) >= 11 is 32.7. The van der Waals surface area contributed by atoms with Gasteiger partial charge in [-0.05, 0) is 186 Å². The predicted molar refractivity (Wildman–Crippen MR) is 532 cm³/mol. The molecule has 18 rings (SSSR count). The zero-order valence-electron chi connectivity index (χ0n) is 71.3. The van der Waals surface area contributed by atoms with E-state index in [1.165, 1.54) is 36.6 Å². The van der Waals surface area contributed by atoms with Gasteiger partial charge in [0.2, 0.25) is 5.95 Å². The van der Waals surface area contributed by atoms with E-state index >= 15 is 0 Å². The topological polar surface area (TPSA) is 423 Å². The predicted octanol–water partition coefficient (Wildman–Crippen LogP) is 18.8. The quantitative estimate of drug-likeness (QED) is 0.0103. The van der Waals surface area contributed by atoms with Gasteiger partial charge in [0, 0.05) is 61.8 Å². The fourth-order valence-corrected chi connectivity index (χ4v) is 17.8. The van der Waals surface area contributed by atoms with E-state index in [0.29, 0.717) is 157 Å². The molecule has 0 saturated carbocycles. The van der Waals surface area contributed by atoms with Crippen LogP contribution in [0, 0.1) is 12.3 Å². The minimum Gasteiger partial charge on any atom is -0.493 e. The van der Waals surface area contributed by atoms with E-state index in [2.05, 4.69) is 27.8 Å². The number of aliphatic carboxylic acids is 5. The average Bonchev–Trinajstić information content (AvgIpc) is 0.778. The van der Waals surface area contributed by atoms with Crippen molar-refractivity contribution in [2.75, 3.05) is 50.5 Å². The van der Waals surface area contributed by atoms with Crippen molar-refractivity contribution in [2.24, 2.45) is 0 Å². The summed E-state index contributed by atoms with van der Waals surface area (Å²) in [6.45, 7) is 2.05. The Morgan fingerprint density at radius 1 is 0.400 bits per heavy atom. The van der Waals surface area contributed by atoms with Crippen LogP contribution in [-0.4, -0.2) is 122 Å². The Kier molecular flexibility index (Phi) is 29.1. The van der Waals surface area contributed by atoms with Gasteiger partial charge < -0.3 is 84.1 Å². The van der Waals surface area contributed by atoms with Gasteiger partial charge >= 0.3 is 29.8 Å². The molecule has 0 unspecified atom stereocenters. The zero-order valence-corrected chi connectivity index (χ0v) is 75.9. The molecule has 0 saturated heterocycles. The van der Waals surface area contributed by atoms with Crippen LogP contribution in [-0.2, 0) is 56.7 Å². The molecule has 0 spiro atoms. The number of carboxylic acid groups (broad SMARTS) is 5. The van der Waals surface area contributed by atoms with Crippen molar-refractivity contribution >= 4 is 232 Å². The van der Waals surface area contributed by atoms with Gasteiger partial charge in [-0.1, -0.05) is 137 Å². The first-order valence-electron chi connectivity index (χ1n) is 40.5. The van der Waals surface area contributed by atoms with Gasteiger partial charge in [0.1, 0.15) is 45.9 Å². The molecule has 6 aromatic heterocycles. The van der Waals surface area contributed by atoms with Gasteiger partial charge in [0.15, 0.2) is 50.1 Å². The molecule has 0 amide bonds. The number of methoxy groups -OCH3 is 2. The molecule has 6 heterocycles. The number of pyridine rings is 5. The number of hydrogen-bond donors (Lipinski definition) is 8. The number of carbonyl (C=O) groups is 5. The highest BCUT2D eigenvalue weighted by Gasteiger charge is 2.26. The SMILES string of the molecule is C#CCOc1c(Cl)ccc2c(=O)c3ccccc3n(CC(=O)O)c12.C=CCOc1c(Cl)ccc2c(=O)c3ccccc3n(CC(=O)O)c12.COc1c(Cl)ccc2c(=O)c3ccc(-c4ccc(N)cc4)cc3n(CC(=O)O)c12.COc1c(Cl)ccc2c(=O)c3ccc(-c4cccc(N)c4)cc3n(CC(=O)O)c12.CSc1c(Cl)ccc2c(=O)c3ccc(Nc4ncccn4)cc3n(CC(=O)O)c12. The van der Waals surface area contributed by atoms with Gasteiger partial charge in [-0.3, -0.25) is 47.9 Å². The van der Waals surface area contributed by atoms with Crippen LogP contribution in [0.4, 0.5) is 23.0 Å². The summed E-state index contributed by atoms with van der Waals surface area (Å²) < 4.78 is 29.7. The lowest BCUT2D eigenvalue weighted by Crippen LogP contribution is -2.17. The van der Waals surface area contributed by atoms with Gasteiger partial charge in [-0.2, -0.15) is 0 Å². The second-order valence-electron chi connectivity index (χ2n) is 29.8. The molecule has 35 heteroatoms. The summed E-state index contributed by atoms with van der Waals surface area (Å²) in [7, 11) is 2.87. The van der Waals surface area contributed by atoms with E-state index in [1.54, 1.807) is 207 Å².